The van der Waals surface area contributed by atoms with Crippen molar-refractivity contribution >= 4 is 11.9 Å². The minimum Gasteiger partial charge on any atom is -0.468 e. The molecule has 1 heterocycles. The Labute approximate surface area is 95.1 Å². The van der Waals surface area contributed by atoms with Crippen LogP contribution < -0.4 is 5.32 Å². The van der Waals surface area contributed by atoms with Gasteiger partial charge in [-0.25, -0.2) is 0 Å². The van der Waals surface area contributed by atoms with Crippen molar-refractivity contribution in [2.24, 2.45) is 0 Å². The van der Waals surface area contributed by atoms with Crippen LogP contribution in [0.15, 0.2) is 0 Å². The third-order valence-corrected chi connectivity index (χ3v) is 3.13. The zero-order valence-corrected chi connectivity index (χ0v) is 9.57. The molecule has 1 unspecified atom stereocenters. The Balaban J connectivity index is 1.82. The van der Waals surface area contributed by atoms with E-state index < -0.39 is 0 Å². The molecule has 0 spiro atoms. The predicted octanol–water partition coefficient (Wildman–Crippen LogP) is -0.0976. The first-order chi connectivity index (χ1) is 7.70. The van der Waals surface area contributed by atoms with Crippen LogP contribution in [-0.4, -0.2) is 49.1 Å². The van der Waals surface area contributed by atoms with Gasteiger partial charge in [-0.15, -0.1) is 0 Å². The van der Waals surface area contributed by atoms with Gasteiger partial charge in [-0.05, 0) is 32.2 Å². The van der Waals surface area contributed by atoms with Crippen molar-refractivity contribution in [3.05, 3.63) is 0 Å². The number of hydrogen-bond acceptors (Lipinski definition) is 4. The highest BCUT2D eigenvalue weighted by Crippen LogP contribution is 2.20. The Hall–Kier alpha value is -1.10. The van der Waals surface area contributed by atoms with Gasteiger partial charge in [0.1, 0.15) is 6.04 Å². The quantitative estimate of drug-likeness (QED) is 0.680. The van der Waals surface area contributed by atoms with Crippen LogP contribution in [0.5, 0.6) is 0 Å². The summed E-state index contributed by atoms with van der Waals surface area (Å²) in [6, 6.07) is 0.154. The fourth-order valence-electron chi connectivity index (χ4n) is 2.10. The van der Waals surface area contributed by atoms with Crippen LogP contribution in [0.25, 0.3) is 0 Å². The molecule has 1 N–H and O–H groups in total. The summed E-state index contributed by atoms with van der Waals surface area (Å²) in [7, 11) is 1.39. The minimum absolute atomic E-state index is 0.0262. The van der Waals surface area contributed by atoms with Crippen LogP contribution in [-0.2, 0) is 14.3 Å². The lowest BCUT2D eigenvalue weighted by Crippen LogP contribution is -2.43. The number of amides is 1. The molecule has 1 aliphatic heterocycles. The second-order valence-corrected chi connectivity index (χ2v) is 4.49. The lowest BCUT2D eigenvalue weighted by Gasteiger charge is -2.21. The lowest BCUT2D eigenvalue weighted by molar-refractivity contribution is -0.146. The minimum atomic E-state index is -0.227. The number of ether oxygens (including phenoxy) is 1. The molecule has 16 heavy (non-hydrogen) atoms. The molecule has 1 saturated carbocycles. The first-order valence-electron chi connectivity index (χ1n) is 5.82. The van der Waals surface area contributed by atoms with Crippen LogP contribution in [0.2, 0.25) is 0 Å². The van der Waals surface area contributed by atoms with Crippen molar-refractivity contribution in [1.82, 2.24) is 10.2 Å². The van der Waals surface area contributed by atoms with Crippen molar-refractivity contribution in [3.8, 4) is 0 Å². The van der Waals surface area contributed by atoms with E-state index in [1.54, 1.807) is 0 Å². The predicted molar refractivity (Wildman–Crippen MR) is 57.8 cm³/mol. The van der Waals surface area contributed by atoms with Crippen LogP contribution in [0, 0.1) is 0 Å². The third-order valence-electron chi connectivity index (χ3n) is 3.13. The fourth-order valence-corrected chi connectivity index (χ4v) is 2.10. The Morgan fingerprint density at radius 2 is 2.12 bits per heavy atom. The number of carbonyl (C=O) groups is 2. The molecule has 2 rings (SSSR count). The number of methoxy groups -OCH3 is 1. The molecule has 1 aliphatic carbocycles. The Bertz CT molecular complexity index is 289. The molecule has 0 aromatic heterocycles. The summed E-state index contributed by atoms with van der Waals surface area (Å²) >= 11 is 0. The molecule has 0 bridgehead atoms. The van der Waals surface area contributed by atoms with Crippen molar-refractivity contribution in [2.45, 2.75) is 37.8 Å². The van der Waals surface area contributed by atoms with Crippen molar-refractivity contribution < 1.29 is 14.3 Å². The first-order valence-corrected chi connectivity index (χ1v) is 5.82. The Morgan fingerprint density at radius 3 is 2.75 bits per heavy atom. The van der Waals surface area contributed by atoms with Gasteiger partial charge < -0.3 is 10.1 Å². The average Bonchev–Trinajstić information content (AvgIpc) is 2.94. The summed E-state index contributed by atoms with van der Waals surface area (Å²) in [5.74, 6) is -0.199. The maximum atomic E-state index is 11.6. The van der Waals surface area contributed by atoms with Crippen LogP contribution in [0.3, 0.4) is 0 Å². The van der Waals surface area contributed by atoms with Crippen LogP contribution in [0.4, 0.5) is 0 Å². The maximum Gasteiger partial charge on any atom is 0.323 e. The topological polar surface area (TPSA) is 58.6 Å². The molecule has 2 fully saturated rings. The maximum absolute atomic E-state index is 11.6. The molecule has 1 atom stereocenters. The van der Waals surface area contributed by atoms with Gasteiger partial charge in [0, 0.05) is 6.04 Å². The largest absolute Gasteiger partial charge is 0.468 e. The van der Waals surface area contributed by atoms with Gasteiger partial charge in [0.25, 0.3) is 0 Å². The van der Waals surface area contributed by atoms with Gasteiger partial charge >= 0.3 is 5.97 Å². The molecular formula is C11H18N2O3. The molecule has 0 radical (unpaired) electrons. The average molecular weight is 226 g/mol. The van der Waals surface area contributed by atoms with Crippen molar-refractivity contribution in [3.63, 3.8) is 0 Å². The number of likely N-dealkylation sites (tertiary alicyclic amines) is 1. The molecule has 2 aliphatic rings. The number of nitrogens with one attached hydrogen (secondary N) is 1. The second-order valence-electron chi connectivity index (χ2n) is 4.49. The normalized spacial score (nSPS) is 25.4. The molecular weight excluding hydrogens is 208 g/mol. The number of rotatable bonds is 4. The summed E-state index contributed by atoms with van der Waals surface area (Å²) in [4.78, 5) is 25.0. The van der Waals surface area contributed by atoms with Crippen LogP contribution in [0.1, 0.15) is 25.7 Å². The van der Waals surface area contributed by atoms with E-state index in [1.807, 2.05) is 4.90 Å². The first kappa shape index (κ1) is 11.4. The third kappa shape index (κ3) is 2.72. The lowest BCUT2D eigenvalue weighted by atomic mass is 10.2. The summed E-state index contributed by atoms with van der Waals surface area (Å²) in [6.45, 7) is 1.12. The zero-order valence-electron chi connectivity index (χ0n) is 9.57. The van der Waals surface area contributed by atoms with Gasteiger partial charge in [0.2, 0.25) is 5.91 Å². The van der Waals surface area contributed by atoms with Gasteiger partial charge in [0.15, 0.2) is 0 Å². The van der Waals surface area contributed by atoms with Gasteiger partial charge in [0.05, 0.1) is 13.7 Å². The van der Waals surface area contributed by atoms with Crippen molar-refractivity contribution in [2.75, 3.05) is 20.2 Å². The second kappa shape index (κ2) is 4.82. The summed E-state index contributed by atoms with van der Waals surface area (Å²) in [6.07, 6.45) is 3.93. The molecule has 5 nitrogen and oxygen atoms in total. The van der Waals surface area contributed by atoms with E-state index in [0.29, 0.717) is 12.6 Å². The van der Waals surface area contributed by atoms with E-state index in [2.05, 4.69) is 5.32 Å². The Kier molecular flexibility index (Phi) is 3.43. The number of carbonyl (C=O) groups excluding carboxylic acids is 2. The molecule has 5 heteroatoms. The van der Waals surface area contributed by atoms with Gasteiger partial charge in [-0.1, -0.05) is 0 Å². The van der Waals surface area contributed by atoms with Crippen molar-refractivity contribution in [1.29, 1.82) is 0 Å². The summed E-state index contributed by atoms with van der Waals surface area (Å²) in [5.41, 5.74) is 0. The monoisotopic (exact) mass is 226 g/mol. The standard InChI is InChI=1S/C11H18N2O3/c1-16-11(15)9-3-2-6-13(9)7-10(14)12-8-4-5-8/h8-9H,2-7H2,1H3,(H,12,14). The van der Waals surface area contributed by atoms with E-state index >= 15 is 0 Å². The fraction of sp³-hybridized carbons (Fsp3) is 0.818. The summed E-state index contributed by atoms with van der Waals surface area (Å²) in [5, 5.41) is 2.93. The number of esters is 1. The highest BCUT2D eigenvalue weighted by atomic mass is 16.5. The van der Waals surface area contributed by atoms with E-state index in [4.69, 9.17) is 4.74 Å². The smallest absolute Gasteiger partial charge is 0.323 e. The molecule has 0 aromatic carbocycles. The SMILES string of the molecule is COC(=O)C1CCCN1CC(=O)NC1CC1. The van der Waals surface area contributed by atoms with E-state index in [-0.39, 0.29) is 17.9 Å². The van der Waals surface area contributed by atoms with E-state index in [0.717, 1.165) is 32.2 Å². The summed E-state index contributed by atoms with van der Waals surface area (Å²) < 4.78 is 4.73. The molecule has 1 saturated heterocycles. The van der Waals surface area contributed by atoms with Gasteiger partial charge in [-0.3, -0.25) is 14.5 Å². The highest BCUT2D eigenvalue weighted by Gasteiger charge is 2.33. The molecule has 90 valence electrons. The Morgan fingerprint density at radius 1 is 1.38 bits per heavy atom. The van der Waals surface area contributed by atoms with Crippen LogP contribution >= 0.6 is 0 Å². The highest BCUT2D eigenvalue weighted by molar-refractivity contribution is 5.81. The number of nitrogens with zero attached hydrogens (tertiary/aromatic N) is 1. The van der Waals surface area contributed by atoms with E-state index in [9.17, 15) is 9.59 Å². The number of hydrogen-bond donors (Lipinski definition) is 1. The van der Waals surface area contributed by atoms with E-state index in [1.165, 1.54) is 7.11 Å². The molecule has 1 amide bonds. The molecule has 0 aromatic rings. The zero-order chi connectivity index (χ0) is 11.5. The van der Waals surface area contributed by atoms with Gasteiger partial charge in [-0.2, -0.15) is 0 Å².